The van der Waals surface area contributed by atoms with Gasteiger partial charge in [-0.25, -0.2) is 19.9 Å². The van der Waals surface area contributed by atoms with E-state index < -0.39 is 5.95 Å². The van der Waals surface area contributed by atoms with Crippen LogP contribution in [0, 0.1) is 5.95 Å². The summed E-state index contributed by atoms with van der Waals surface area (Å²) in [7, 11) is 1.68. The SMILES string of the molecule is COCCn1cnc2c(N3C4CC3CN(c3ccnc(F)c3)C4)ncnc21. The Morgan fingerprint density at radius 3 is 2.81 bits per heavy atom. The first kappa shape index (κ1) is 16.4. The number of piperazine rings is 1. The zero-order valence-corrected chi connectivity index (χ0v) is 15.0. The van der Waals surface area contributed by atoms with Crippen LogP contribution in [0.15, 0.2) is 31.0 Å². The van der Waals surface area contributed by atoms with E-state index in [1.54, 1.807) is 19.8 Å². The molecule has 9 heteroatoms. The van der Waals surface area contributed by atoms with E-state index in [0.717, 1.165) is 42.2 Å². The molecule has 0 aliphatic carbocycles. The highest BCUT2D eigenvalue weighted by Crippen LogP contribution is 2.39. The second-order valence-electron chi connectivity index (χ2n) is 6.99. The molecule has 3 fully saturated rings. The molecule has 27 heavy (non-hydrogen) atoms. The molecule has 140 valence electrons. The third kappa shape index (κ3) is 2.69. The minimum absolute atomic E-state index is 0.335. The van der Waals surface area contributed by atoms with Crippen LogP contribution in [0.5, 0.6) is 0 Å². The van der Waals surface area contributed by atoms with Gasteiger partial charge >= 0.3 is 0 Å². The minimum Gasteiger partial charge on any atom is -0.383 e. The van der Waals surface area contributed by atoms with Gasteiger partial charge in [-0.2, -0.15) is 4.39 Å². The molecule has 8 nitrogen and oxygen atoms in total. The number of ether oxygens (including phenoxy) is 1. The first-order valence-electron chi connectivity index (χ1n) is 9.04. The van der Waals surface area contributed by atoms with Gasteiger partial charge in [-0.3, -0.25) is 0 Å². The molecule has 6 heterocycles. The number of imidazole rings is 1. The third-order valence-corrected chi connectivity index (χ3v) is 5.43. The molecule has 0 aromatic carbocycles. The number of methoxy groups -OCH3 is 1. The van der Waals surface area contributed by atoms with Crippen LogP contribution in [-0.4, -0.2) is 63.4 Å². The summed E-state index contributed by atoms with van der Waals surface area (Å²) in [6, 6.07) is 4.03. The minimum atomic E-state index is -0.442. The summed E-state index contributed by atoms with van der Waals surface area (Å²) < 4.78 is 20.6. The van der Waals surface area contributed by atoms with Crippen LogP contribution in [0.4, 0.5) is 15.9 Å². The Morgan fingerprint density at radius 1 is 1.19 bits per heavy atom. The normalized spacial score (nSPS) is 21.6. The van der Waals surface area contributed by atoms with Crippen molar-refractivity contribution in [2.24, 2.45) is 0 Å². The van der Waals surface area contributed by atoms with Gasteiger partial charge in [0.05, 0.1) is 25.0 Å². The Bertz CT molecular complexity index is 965. The van der Waals surface area contributed by atoms with E-state index in [0.29, 0.717) is 25.2 Å². The van der Waals surface area contributed by atoms with E-state index in [2.05, 4.69) is 29.7 Å². The quantitative estimate of drug-likeness (QED) is 0.631. The van der Waals surface area contributed by atoms with Crippen molar-refractivity contribution in [2.75, 3.05) is 36.6 Å². The Kier molecular flexibility index (Phi) is 3.89. The van der Waals surface area contributed by atoms with Crippen LogP contribution in [0.2, 0.25) is 0 Å². The van der Waals surface area contributed by atoms with Crippen molar-refractivity contribution in [2.45, 2.75) is 25.0 Å². The maximum Gasteiger partial charge on any atom is 0.214 e. The van der Waals surface area contributed by atoms with Gasteiger partial charge in [0, 0.05) is 44.7 Å². The first-order chi connectivity index (χ1) is 13.2. The molecule has 2 atom stereocenters. The third-order valence-electron chi connectivity index (χ3n) is 5.43. The van der Waals surface area contributed by atoms with E-state index in [-0.39, 0.29) is 0 Å². The van der Waals surface area contributed by atoms with Gasteiger partial charge in [0.1, 0.15) is 6.33 Å². The summed E-state index contributed by atoms with van der Waals surface area (Å²) >= 11 is 0. The average Bonchev–Trinajstić information content (AvgIpc) is 3.10. The molecule has 2 bridgehead atoms. The van der Waals surface area contributed by atoms with Crippen molar-refractivity contribution in [3.8, 4) is 0 Å². The summed E-state index contributed by atoms with van der Waals surface area (Å²) in [4.78, 5) is 21.7. The predicted molar refractivity (Wildman–Crippen MR) is 98.3 cm³/mol. The lowest BCUT2D eigenvalue weighted by atomic mass is 9.87. The van der Waals surface area contributed by atoms with Crippen LogP contribution in [0.1, 0.15) is 6.42 Å². The van der Waals surface area contributed by atoms with E-state index >= 15 is 0 Å². The number of anilines is 2. The fourth-order valence-corrected chi connectivity index (χ4v) is 4.17. The van der Waals surface area contributed by atoms with Gasteiger partial charge in [-0.1, -0.05) is 0 Å². The number of pyridine rings is 1. The highest BCUT2D eigenvalue weighted by molar-refractivity contribution is 5.84. The molecule has 2 unspecified atom stereocenters. The Hall–Kier alpha value is -2.81. The highest BCUT2D eigenvalue weighted by Gasteiger charge is 2.46. The summed E-state index contributed by atoms with van der Waals surface area (Å²) in [6.07, 6.45) is 6.03. The fraction of sp³-hybridized carbons (Fsp3) is 0.444. The largest absolute Gasteiger partial charge is 0.383 e. The Labute approximate surface area is 155 Å². The van der Waals surface area contributed by atoms with Crippen molar-refractivity contribution in [3.05, 3.63) is 36.9 Å². The summed E-state index contributed by atoms with van der Waals surface area (Å²) in [5.74, 6) is 0.445. The Balaban J connectivity index is 1.40. The number of aromatic nitrogens is 5. The van der Waals surface area contributed by atoms with Gasteiger partial charge < -0.3 is 19.1 Å². The van der Waals surface area contributed by atoms with E-state index in [4.69, 9.17) is 4.74 Å². The molecule has 0 spiro atoms. The Morgan fingerprint density at radius 2 is 2.04 bits per heavy atom. The number of hydrogen-bond donors (Lipinski definition) is 0. The standard InChI is InChI=1S/C18H20FN7O/c1-27-5-4-24-11-23-16-17(24)21-10-22-18(16)26-13-6-14(26)9-25(8-13)12-2-3-20-15(19)7-12/h2-3,7,10-11,13-14H,4-6,8-9H2,1H3. The van der Waals surface area contributed by atoms with Crippen LogP contribution in [0.3, 0.4) is 0 Å². The zero-order valence-electron chi connectivity index (χ0n) is 15.0. The maximum atomic E-state index is 13.5. The predicted octanol–water partition coefficient (Wildman–Crippen LogP) is 1.47. The number of piperidine rings is 1. The van der Waals surface area contributed by atoms with Gasteiger partial charge in [-0.05, 0) is 12.5 Å². The van der Waals surface area contributed by atoms with E-state index in [1.807, 2.05) is 10.6 Å². The molecule has 3 aliphatic rings. The van der Waals surface area contributed by atoms with E-state index in [9.17, 15) is 4.39 Å². The second-order valence-corrected chi connectivity index (χ2v) is 6.99. The summed E-state index contributed by atoms with van der Waals surface area (Å²) in [5.41, 5.74) is 2.54. The number of halogens is 1. The summed E-state index contributed by atoms with van der Waals surface area (Å²) in [6.45, 7) is 2.97. The monoisotopic (exact) mass is 369 g/mol. The molecule has 0 N–H and O–H groups in total. The van der Waals surface area contributed by atoms with Gasteiger partial charge in [0.2, 0.25) is 5.95 Å². The number of hydrogen-bond acceptors (Lipinski definition) is 7. The smallest absolute Gasteiger partial charge is 0.214 e. The molecular formula is C18H20FN7O. The maximum absolute atomic E-state index is 13.5. The molecular weight excluding hydrogens is 349 g/mol. The van der Waals surface area contributed by atoms with Crippen LogP contribution < -0.4 is 9.80 Å². The van der Waals surface area contributed by atoms with E-state index in [1.165, 1.54) is 12.3 Å². The zero-order chi connectivity index (χ0) is 18.4. The van der Waals surface area contributed by atoms with Crippen molar-refractivity contribution < 1.29 is 9.13 Å². The molecule has 3 aromatic heterocycles. The fourth-order valence-electron chi connectivity index (χ4n) is 4.17. The first-order valence-corrected chi connectivity index (χ1v) is 9.04. The topological polar surface area (TPSA) is 72.2 Å². The van der Waals surface area contributed by atoms with Gasteiger partial charge in [0.25, 0.3) is 0 Å². The number of rotatable bonds is 5. The molecule has 3 aromatic rings. The lowest BCUT2D eigenvalue weighted by Crippen LogP contribution is -2.69. The van der Waals surface area contributed by atoms with Crippen molar-refractivity contribution >= 4 is 22.7 Å². The van der Waals surface area contributed by atoms with Crippen LogP contribution in [0.25, 0.3) is 11.2 Å². The molecule has 0 saturated carbocycles. The van der Waals surface area contributed by atoms with Gasteiger partial charge in [0.15, 0.2) is 17.0 Å². The van der Waals surface area contributed by atoms with Crippen LogP contribution in [-0.2, 0) is 11.3 Å². The second kappa shape index (κ2) is 6.41. The number of nitrogens with zero attached hydrogens (tertiary/aromatic N) is 7. The lowest BCUT2D eigenvalue weighted by Gasteiger charge is -2.57. The summed E-state index contributed by atoms with van der Waals surface area (Å²) in [5, 5.41) is 0. The van der Waals surface area contributed by atoms with Crippen molar-refractivity contribution in [1.29, 1.82) is 0 Å². The molecule has 0 amide bonds. The van der Waals surface area contributed by atoms with Crippen molar-refractivity contribution in [1.82, 2.24) is 24.5 Å². The van der Waals surface area contributed by atoms with Crippen LogP contribution >= 0.6 is 0 Å². The average molecular weight is 369 g/mol. The van der Waals surface area contributed by atoms with Crippen molar-refractivity contribution in [3.63, 3.8) is 0 Å². The molecule has 0 radical (unpaired) electrons. The molecule has 3 aliphatic heterocycles. The highest BCUT2D eigenvalue weighted by atomic mass is 19.1. The molecule has 3 saturated heterocycles. The number of fused-ring (bicyclic) bond motifs is 3. The lowest BCUT2D eigenvalue weighted by molar-refractivity contribution is 0.188. The van der Waals surface area contributed by atoms with Gasteiger partial charge in [-0.15, -0.1) is 0 Å². The molecule has 6 rings (SSSR count).